The zero-order valence-electron chi connectivity index (χ0n) is 11.4. The highest BCUT2D eigenvalue weighted by atomic mass is 19.1. The minimum atomic E-state index is -0.263. The molecule has 0 aliphatic carbocycles. The van der Waals surface area contributed by atoms with Gasteiger partial charge in [-0.25, -0.2) is 9.82 Å². The van der Waals surface area contributed by atoms with Crippen LogP contribution in [0.5, 0.6) is 0 Å². The van der Waals surface area contributed by atoms with E-state index >= 15 is 0 Å². The summed E-state index contributed by atoms with van der Waals surface area (Å²) in [7, 11) is 0. The van der Waals surface area contributed by atoms with Gasteiger partial charge < -0.3 is 5.32 Å². The molecule has 2 N–H and O–H groups in total. The van der Waals surface area contributed by atoms with E-state index in [1.165, 1.54) is 12.1 Å². The predicted molar refractivity (Wildman–Crippen MR) is 77.0 cm³/mol. The highest BCUT2D eigenvalue weighted by Gasteiger charge is 2.14. The third-order valence-corrected chi connectivity index (χ3v) is 3.30. The zero-order chi connectivity index (χ0) is 14.4. The van der Waals surface area contributed by atoms with Gasteiger partial charge in [0.2, 0.25) is 6.41 Å². The first-order chi connectivity index (χ1) is 9.74. The molecule has 0 saturated carbocycles. The van der Waals surface area contributed by atoms with Crippen LogP contribution in [0, 0.1) is 11.7 Å². The van der Waals surface area contributed by atoms with E-state index in [0.717, 1.165) is 24.2 Å². The second-order valence-corrected chi connectivity index (χ2v) is 4.68. The Labute approximate surface area is 117 Å². The Morgan fingerprint density at radius 1 is 1.55 bits per heavy atom. The number of allylic oxidation sites excluding steroid dienone is 1. The maximum atomic E-state index is 13.3. The van der Waals surface area contributed by atoms with E-state index in [-0.39, 0.29) is 5.82 Å². The highest BCUT2D eigenvalue weighted by molar-refractivity contribution is 6.09. The molecule has 1 heterocycles. The number of benzene rings is 1. The Morgan fingerprint density at radius 3 is 2.95 bits per heavy atom. The van der Waals surface area contributed by atoms with Crippen molar-refractivity contribution in [3.8, 4) is 0 Å². The van der Waals surface area contributed by atoms with Gasteiger partial charge >= 0.3 is 0 Å². The van der Waals surface area contributed by atoms with Crippen molar-refractivity contribution in [2.24, 2.45) is 11.0 Å². The van der Waals surface area contributed by atoms with E-state index in [0.29, 0.717) is 24.5 Å². The van der Waals surface area contributed by atoms with E-state index < -0.39 is 0 Å². The minimum Gasteiger partial charge on any atom is -0.315 e. The van der Waals surface area contributed by atoms with Gasteiger partial charge in [0.05, 0.1) is 5.71 Å². The van der Waals surface area contributed by atoms with Crippen molar-refractivity contribution in [2.45, 2.75) is 13.3 Å². The van der Waals surface area contributed by atoms with Crippen molar-refractivity contribution in [1.82, 2.24) is 10.7 Å². The van der Waals surface area contributed by atoms with Crippen LogP contribution in [0.2, 0.25) is 0 Å². The number of aryl methyl sites for hydroxylation is 1. The van der Waals surface area contributed by atoms with Crippen molar-refractivity contribution >= 4 is 12.1 Å². The molecule has 0 aromatic heterocycles. The number of amides is 1. The van der Waals surface area contributed by atoms with Crippen LogP contribution in [-0.4, -0.2) is 25.2 Å². The summed E-state index contributed by atoms with van der Waals surface area (Å²) >= 11 is 0. The van der Waals surface area contributed by atoms with Gasteiger partial charge in [-0.15, -0.1) is 0 Å². The zero-order valence-corrected chi connectivity index (χ0v) is 11.4. The third-order valence-electron chi connectivity index (χ3n) is 3.30. The van der Waals surface area contributed by atoms with Gasteiger partial charge in [0.1, 0.15) is 5.82 Å². The maximum absolute atomic E-state index is 13.3. The lowest BCUT2D eigenvalue weighted by Crippen LogP contribution is -2.40. The molecule has 1 aliphatic rings. The van der Waals surface area contributed by atoms with Gasteiger partial charge in [-0.05, 0) is 36.3 Å². The minimum absolute atomic E-state index is 0.263. The molecule has 1 aromatic rings. The van der Waals surface area contributed by atoms with Crippen LogP contribution in [0.25, 0.3) is 0 Å². The SMILES string of the molecule is CCc1cc(F)ccc1C(/C=C\C1CNC1)=N/NC=O. The summed E-state index contributed by atoms with van der Waals surface area (Å²) in [6.45, 7) is 3.87. The summed E-state index contributed by atoms with van der Waals surface area (Å²) in [4.78, 5) is 10.4. The molecule has 1 amide bonds. The first-order valence-electron chi connectivity index (χ1n) is 6.69. The highest BCUT2D eigenvalue weighted by Crippen LogP contribution is 2.15. The van der Waals surface area contributed by atoms with Crippen molar-refractivity contribution in [2.75, 3.05) is 13.1 Å². The van der Waals surface area contributed by atoms with Crippen LogP contribution < -0.4 is 10.7 Å². The molecule has 0 unspecified atom stereocenters. The molecular formula is C15H18FN3O. The molecule has 0 atom stereocenters. The Bertz CT molecular complexity index is 536. The number of carbonyl (C=O) groups excluding carboxylic acids is 1. The fraction of sp³-hybridized carbons (Fsp3) is 0.333. The molecule has 5 heteroatoms. The Balaban J connectivity index is 2.29. The molecule has 0 bridgehead atoms. The normalized spacial score (nSPS) is 16.2. The smallest absolute Gasteiger partial charge is 0.227 e. The second-order valence-electron chi connectivity index (χ2n) is 4.68. The number of hydrogen-bond donors (Lipinski definition) is 2. The Kier molecular flexibility index (Phi) is 5.01. The number of hydrazone groups is 1. The topological polar surface area (TPSA) is 53.5 Å². The number of carbonyl (C=O) groups is 1. The van der Waals surface area contributed by atoms with Crippen LogP contribution in [-0.2, 0) is 11.2 Å². The van der Waals surface area contributed by atoms with Gasteiger partial charge in [0.15, 0.2) is 0 Å². The second kappa shape index (κ2) is 6.96. The van der Waals surface area contributed by atoms with Gasteiger partial charge in [0, 0.05) is 24.6 Å². The summed E-state index contributed by atoms with van der Waals surface area (Å²) in [6.07, 6.45) is 5.17. The standard InChI is InChI=1S/C15H18FN3O/c1-2-12-7-13(16)4-5-14(12)15(19-18-10-20)6-3-11-8-17-9-11/h3-7,10-11,17H,2,8-9H2,1H3,(H,18,20)/b6-3-,19-15+. The molecular weight excluding hydrogens is 257 g/mol. The quantitative estimate of drug-likeness (QED) is 0.471. The molecule has 1 aromatic carbocycles. The average molecular weight is 275 g/mol. The summed E-state index contributed by atoms with van der Waals surface area (Å²) in [5, 5.41) is 7.24. The molecule has 0 radical (unpaired) electrons. The van der Waals surface area contributed by atoms with Gasteiger partial charge in [-0.3, -0.25) is 4.79 Å². The number of rotatable bonds is 6. The van der Waals surface area contributed by atoms with Gasteiger partial charge in [0.25, 0.3) is 0 Å². The van der Waals surface area contributed by atoms with Crippen molar-refractivity contribution in [1.29, 1.82) is 0 Å². The Hall–Kier alpha value is -2.01. The fourth-order valence-corrected chi connectivity index (χ4v) is 2.06. The van der Waals surface area contributed by atoms with E-state index in [1.54, 1.807) is 6.07 Å². The van der Waals surface area contributed by atoms with Crippen LogP contribution in [0.4, 0.5) is 4.39 Å². The third kappa shape index (κ3) is 3.51. The summed E-state index contributed by atoms with van der Waals surface area (Å²) in [6, 6.07) is 4.61. The molecule has 20 heavy (non-hydrogen) atoms. The summed E-state index contributed by atoms with van der Waals surface area (Å²) in [5.41, 5.74) is 4.67. The van der Waals surface area contributed by atoms with E-state index in [4.69, 9.17) is 0 Å². The molecule has 1 saturated heterocycles. The molecule has 4 nitrogen and oxygen atoms in total. The lowest BCUT2D eigenvalue weighted by molar-refractivity contribution is -0.109. The lowest BCUT2D eigenvalue weighted by atomic mass is 9.97. The molecule has 1 fully saturated rings. The average Bonchev–Trinajstić information content (AvgIpc) is 2.41. The first-order valence-corrected chi connectivity index (χ1v) is 6.69. The largest absolute Gasteiger partial charge is 0.315 e. The number of halogens is 1. The van der Waals surface area contributed by atoms with Crippen molar-refractivity contribution in [3.63, 3.8) is 0 Å². The van der Waals surface area contributed by atoms with Gasteiger partial charge in [-0.1, -0.05) is 13.0 Å². The van der Waals surface area contributed by atoms with E-state index in [2.05, 4.69) is 21.9 Å². The van der Waals surface area contributed by atoms with Crippen molar-refractivity contribution < 1.29 is 9.18 Å². The predicted octanol–water partition coefficient (Wildman–Crippen LogP) is 1.61. The van der Waals surface area contributed by atoms with Gasteiger partial charge in [-0.2, -0.15) is 5.10 Å². The molecule has 0 spiro atoms. The lowest BCUT2D eigenvalue weighted by Gasteiger charge is -2.23. The summed E-state index contributed by atoms with van der Waals surface area (Å²) in [5.74, 6) is 0.224. The number of nitrogens with zero attached hydrogens (tertiary/aromatic N) is 1. The van der Waals surface area contributed by atoms with Crippen molar-refractivity contribution in [3.05, 3.63) is 47.3 Å². The first kappa shape index (κ1) is 14.4. The van der Waals surface area contributed by atoms with Crippen LogP contribution in [0.3, 0.4) is 0 Å². The van der Waals surface area contributed by atoms with Crippen LogP contribution in [0.15, 0.2) is 35.5 Å². The maximum Gasteiger partial charge on any atom is 0.227 e. The van der Waals surface area contributed by atoms with E-state index in [9.17, 15) is 9.18 Å². The fourth-order valence-electron chi connectivity index (χ4n) is 2.06. The number of hydrogen-bond acceptors (Lipinski definition) is 3. The van der Waals surface area contributed by atoms with E-state index in [1.807, 2.05) is 13.0 Å². The number of nitrogens with one attached hydrogen (secondary N) is 2. The molecule has 2 rings (SSSR count). The van der Waals surface area contributed by atoms with Crippen LogP contribution in [0.1, 0.15) is 18.1 Å². The monoisotopic (exact) mass is 275 g/mol. The van der Waals surface area contributed by atoms with Crippen LogP contribution >= 0.6 is 0 Å². The Morgan fingerprint density at radius 2 is 2.35 bits per heavy atom. The molecule has 106 valence electrons. The summed E-state index contributed by atoms with van der Waals surface area (Å²) < 4.78 is 13.3. The molecule has 1 aliphatic heterocycles.